The molecule has 0 saturated heterocycles. The van der Waals surface area contributed by atoms with Crippen molar-refractivity contribution in [3.8, 4) is 0 Å². The number of carbonyl (C=O) groups is 2. The van der Waals surface area contributed by atoms with E-state index in [9.17, 15) is 9.59 Å². The first-order valence-electron chi connectivity index (χ1n) is 9.44. The number of thiophene rings is 1. The summed E-state index contributed by atoms with van der Waals surface area (Å²) in [6.07, 6.45) is 5.91. The lowest BCUT2D eigenvalue weighted by atomic mass is 10.1. The van der Waals surface area contributed by atoms with E-state index in [1.165, 1.54) is 29.7 Å². The number of nitrogens with one attached hydrogen (secondary N) is 2. The SMILES string of the molecule is CN(C)CC(=O)Nc1cccc(CNC(=O)c2cc3c(s2)CCCCC3)c1. The number of rotatable bonds is 6. The Bertz CT molecular complexity index is 790. The lowest BCUT2D eigenvalue weighted by molar-refractivity contribution is -0.116. The number of hydrogen-bond donors (Lipinski definition) is 2. The molecule has 0 spiro atoms. The molecule has 27 heavy (non-hydrogen) atoms. The Labute approximate surface area is 164 Å². The average Bonchev–Trinajstić information content (AvgIpc) is 2.90. The van der Waals surface area contributed by atoms with Gasteiger partial charge in [-0.15, -0.1) is 11.3 Å². The molecule has 1 aromatic heterocycles. The Morgan fingerprint density at radius 2 is 1.93 bits per heavy atom. The van der Waals surface area contributed by atoms with E-state index in [0.29, 0.717) is 13.1 Å². The van der Waals surface area contributed by atoms with Crippen LogP contribution in [0.5, 0.6) is 0 Å². The molecule has 2 amide bonds. The van der Waals surface area contributed by atoms with E-state index >= 15 is 0 Å². The highest BCUT2D eigenvalue weighted by Crippen LogP contribution is 2.29. The summed E-state index contributed by atoms with van der Waals surface area (Å²) in [5, 5.41) is 5.88. The fourth-order valence-corrected chi connectivity index (χ4v) is 4.47. The standard InChI is InChI=1S/C21H27N3O2S/c1-24(2)14-20(25)23-17-9-6-7-15(11-17)13-22-21(26)19-12-16-8-4-3-5-10-18(16)27-19/h6-7,9,11-12H,3-5,8,10,13-14H2,1-2H3,(H,22,26)(H,23,25). The largest absolute Gasteiger partial charge is 0.347 e. The third-order valence-corrected chi connectivity index (χ3v) is 5.83. The van der Waals surface area contributed by atoms with E-state index < -0.39 is 0 Å². The fourth-order valence-electron chi connectivity index (χ4n) is 3.30. The Balaban J connectivity index is 1.57. The summed E-state index contributed by atoms with van der Waals surface area (Å²) in [6.45, 7) is 0.781. The molecular weight excluding hydrogens is 358 g/mol. The van der Waals surface area contributed by atoms with E-state index in [0.717, 1.165) is 29.0 Å². The number of anilines is 1. The minimum absolute atomic E-state index is 0.0184. The number of likely N-dealkylation sites (N-methyl/N-ethyl adjacent to an activating group) is 1. The second-order valence-electron chi connectivity index (χ2n) is 7.29. The van der Waals surface area contributed by atoms with Crippen LogP contribution in [0.2, 0.25) is 0 Å². The molecule has 1 heterocycles. The van der Waals surface area contributed by atoms with E-state index in [-0.39, 0.29) is 11.8 Å². The molecule has 0 saturated carbocycles. The topological polar surface area (TPSA) is 61.4 Å². The van der Waals surface area contributed by atoms with Crippen LogP contribution in [0, 0.1) is 0 Å². The lowest BCUT2D eigenvalue weighted by Crippen LogP contribution is -2.27. The van der Waals surface area contributed by atoms with Gasteiger partial charge in [-0.3, -0.25) is 9.59 Å². The van der Waals surface area contributed by atoms with E-state index in [4.69, 9.17) is 0 Å². The summed E-state index contributed by atoms with van der Waals surface area (Å²) >= 11 is 1.64. The van der Waals surface area contributed by atoms with Gasteiger partial charge < -0.3 is 15.5 Å². The van der Waals surface area contributed by atoms with Gasteiger partial charge in [0.25, 0.3) is 5.91 Å². The smallest absolute Gasteiger partial charge is 0.261 e. The van der Waals surface area contributed by atoms with Crippen LogP contribution in [-0.2, 0) is 24.2 Å². The summed E-state index contributed by atoms with van der Waals surface area (Å²) < 4.78 is 0. The molecule has 0 fully saturated rings. The van der Waals surface area contributed by atoms with Crippen molar-refractivity contribution in [3.63, 3.8) is 0 Å². The maximum atomic E-state index is 12.5. The van der Waals surface area contributed by atoms with Crippen LogP contribution in [0.15, 0.2) is 30.3 Å². The van der Waals surface area contributed by atoms with Gasteiger partial charge in [0.05, 0.1) is 11.4 Å². The molecule has 0 unspecified atom stereocenters. The van der Waals surface area contributed by atoms with Crippen LogP contribution in [0.1, 0.15) is 44.9 Å². The quantitative estimate of drug-likeness (QED) is 0.749. The molecule has 0 aliphatic heterocycles. The van der Waals surface area contributed by atoms with Gasteiger partial charge in [-0.1, -0.05) is 18.6 Å². The highest BCUT2D eigenvalue weighted by molar-refractivity contribution is 7.14. The maximum Gasteiger partial charge on any atom is 0.261 e. The van der Waals surface area contributed by atoms with Gasteiger partial charge in [0.2, 0.25) is 5.91 Å². The second kappa shape index (κ2) is 9.15. The van der Waals surface area contributed by atoms with Gasteiger partial charge >= 0.3 is 0 Å². The number of fused-ring (bicyclic) bond motifs is 1. The summed E-state index contributed by atoms with van der Waals surface area (Å²) in [7, 11) is 3.71. The predicted molar refractivity (Wildman–Crippen MR) is 110 cm³/mol. The molecule has 0 atom stereocenters. The highest BCUT2D eigenvalue weighted by Gasteiger charge is 2.16. The zero-order valence-electron chi connectivity index (χ0n) is 16.0. The first-order chi connectivity index (χ1) is 13.0. The molecule has 144 valence electrons. The molecule has 0 radical (unpaired) electrons. The van der Waals surface area contributed by atoms with Gasteiger partial charge in [0, 0.05) is 17.1 Å². The minimum Gasteiger partial charge on any atom is -0.347 e. The molecule has 1 aliphatic rings. The van der Waals surface area contributed by atoms with Crippen molar-refractivity contribution < 1.29 is 9.59 Å². The number of benzene rings is 1. The molecule has 6 heteroatoms. The minimum atomic E-state index is -0.0544. The Morgan fingerprint density at radius 3 is 2.74 bits per heavy atom. The number of aryl methyl sites for hydroxylation is 2. The van der Waals surface area contributed by atoms with Crippen molar-refractivity contribution in [2.75, 3.05) is 26.0 Å². The molecule has 0 bridgehead atoms. The average molecular weight is 386 g/mol. The summed E-state index contributed by atoms with van der Waals surface area (Å²) in [4.78, 5) is 28.4. The summed E-state index contributed by atoms with van der Waals surface area (Å²) in [5.74, 6) is -0.0728. The van der Waals surface area contributed by atoms with Crippen molar-refractivity contribution in [1.82, 2.24) is 10.2 Å². The molecule has 5 nitrogen and oxygen atoms in total. The molecule has 1 aliphatic carbocycles. The lowest BCUT2D eigenvalue weighted by Gasteiger charge is -2.11. The van der Waals surface area contributed by atoms with E-state index in [1.807, 2.05) is 43.3 Å². The number of hydrogen-bond acceptors (Lipinski definition) is 4. The Hall–Kier alpha value is -2.18. The number of nitrogens with zero attached hydrogens (tertiary/aromatic N) is 1. The van der Waals surface area contributed by atoms with Gasteiger partial charge in [-0.2, -0.15) is 0 Å². The predicted octanol–water partition coefficient (Wildman–Crippen LogP) is 3.45. The third kappa shape index (κ3) is 5.65. The van der Waals surface area contributed by atoms with Crippen LogP contribution in [-0.4, -0.2) is 37.4 Å². The first kappa shape index (κ1) is 19.6. The molecular formula is C21H27N3O2S. The zero-order valence-corrected chi connectivity index (χ0v) is 16.8. The number of amides is 2. The van der Waals surface area contributed by atoms with Crippen LogP contribution in [0.3, 0.4) is 0 Å². The van der Waals surface area contributed by atoms with E-state index in [1.54, 1.807) is 11.3 Å². The zero-order chi connectivity index (χ0) is 19.2. The highest BCUT2D eigenvalue weighted by atomic mass is 32.1. The molecule has 3 rings (SSSR count). The van der Waals surface area contributed by atoms with Crippen LogP contribution >= 0.6 is 11.3 Å². The van der Waals surface area contributed by atoms with Crippen molar-refractivity contribution in [2.45, 2.75) is 38.6 Å². The van der Waals surface area contributed by atoms with Crippen molar-refractivity contribution >= 4 is 28.8 Å². The summed E-state index contributed by atoms with van der Waals surface area (Å²) in [6, 6.07) is 9.66. The Kier molecular flexibility index (Phi) is 6.63. The summed E-state index contributed by atoms with van der Waals surface area (Å²) in [5.41, 5.74) is 3.06. The van der Waals surface area contributed by atoms with E-state index in [2.05, 4.69) is 16.7 Å². The maximum absolute atomic E-state index is 12.5. The first-order valence-corrected chi connectivity index (χ1v) is 10.3. The fraction of sp³-hybridized carbons (Fsp3) is 0.429. The second-order valence-corrected chi connectivity index (χ2v) is 8.43. The van der Waals surface area contributed by atoms with Crippen LogP contribution < -0.4 is 10.6 Å². The van der Waals surface area contributed by atoms with Gasteiger partial charge in [0.15, 0.2) is 0 Å². The normalized spacial score (nSPS) is 13.7. The molecule has 2 N–H and O–H groups in total. The van der Waals surface area contributed by atoms with Gasteiger partial charge in [-0.05, 0) is 69.1 Å². The van der Waals surface area contributed by atoms with Crippen molar-refractivity contribution in [1.29, 1.82) is 0 Å². The molecule has 2 aromatic rings. The number of carbonyl (C=O) groups excluding carboxylic acids is 2. The third-order valence-electron chi connectivity index (χ3n) is 4.59. The Morgan fingerprint density at radius 1 is 1.11 bits per heavy atom. The van der Waals surface area contributed by atoms with Crippen LogP contribution in [0.4, 0.5) is 5.69 Å². The molecule has 1 aromatic carbocycles. The monoisotopic (exact) mass is 385 g/mol. The van der Waals surface area contributed by atoms with Gasteiger partial charge in [-0.25, -0.2) is 0 Å². The van der Waals surface area contributed by atoms with Gasteiger partial charge in [0.1, 0.15) is 0 Å². The van der Waals surface area contributed by atoms with Crippen molar-refractivity contribution in [2.24, 2.45) is 0 Å². The van der Waals surface area contributed by atoms with Crippen molar-refractivity contribution in [3.05, 3.63) is 51.2 Å². The van der Waals surface area contributed by atoms with Crippen LogP contribution in [0.25, 0.3) is 0 Å².